The van der Waals surface area contributed by atoms with Crippen LogP contribution in [0.2, 0.25) is 0 Å². The number of benzene rings is 1. The van der Waals surface area contributed by atoms with Crippen molar-refractivity contribution in [2.24, 2.45) is 5.14 Å². The fourth-order valence-corrected chi connectivity index (χ4v) is 6.87. The molecule has 0 fully saturated rings. The van der Waals surface area contributed by atoms with Gasteiger partial charge in [-0.05, 0) is 35.7 Å². The minimum Gasteiger partial charge on any atom is -0.497 e. The van der Waals surface area contributed by atoms with Crippen LogP contribution in [-0.4, -0.2) is 29.7 Å². The molecule has 0 radical (unpaired) electrons. The van der Waals surface area contributed by atoms with E-state index in [0.717, 1.165) is 16.9 Å². The van der Waals surface area contributed by atoms with E-state index in [0.29, 0.717) is 17.7 Å². The summed E-state index contributed by atoms with van der Waals surface area (Å²) in [5.74, 6) is 0.514. The first-order valence-electron chi connectivity index (χ1n) is 6.75. The van der Waals surface area contributed by atoms with Gasteiger partial charge in [-0.15, -0.1) is 11.3 Å². The van der Waals surface area contributed by atoms with Gasteiger partial charge in [0.1, 0.15) is 14.2 Å². The monoisotopic (exact) mass is 373 g/mol. The van der Waals surface area contributed by atoms with Crippen LogP contribution in [-0.2, 0) is 19.9 Å². The van der Waals surface area contributed by atoms with Gasteiger partial charge in [0.25, 0.3) is 0 Å². The van der Waals surface area contributed by atoms with Crippen LogP contribution >= 0.6 is 11.3 Å². The summed E-state index contributed by atoms with van der Waals surface area (Å²) in [7, 11) is -5.82. The van der Waals surface area contributed by atoms with Gasteiger partial charge in [0.05, 0.1) is 12.9 Å². The van der Waals surface area contributed by atoms with Crippen molar-refractivity contribution in [3.63, 3.8) is 0 Å². The second-order valence-corrected chi connectivity index (χ2v) is 10.4. The average Bonchev–Trinajstić information content (AvgIpc) is 2.94. The number of thiophene rings is 1. The number of hydrogen-bond donors (Lipinski definition) is 1. The van der Waals surface area contributed by atoms with Gasteiger partial charge in [-0.2, -0.15) is 0 Å². The zero-order valence-corrected chi connectivity index (χ0v) is 14.7. The largest absolute Gasteiger partial charge is 0.497 e. The first-order valence-corrected chi connectivity index (χ1v) is 10.8. The Hall–Kier alpha value is -1.42. The van der Waals surface area contributed by atoms with Crippen LogP contribution < -0.4 is 9.88 Å². The van der Waals surface area contributed by atoms with Crippen LogP contribution in [0.3, 0.4) is 0 Å². The Morgan fingerprint density at radius 1 is 1.26 bits per heavy atom. The highest BCUT2D eigenvalue weighted by Crippen LogP contribution is 2.43. The SMILES string of the molecule is COc1ccc(C2CCS(=O)(=O)c3sc(S(N)(=O)=O)cc32)cc1. The molecule has 1 aliphatic heterocycles. The molecule has 0 saturated heterocycles. The van der Waals surface area contributed by atoms with Crippen LogP contribution in [0.15, 0.2) is 38.8 Å². The summed E-state index contributed by atoms with van der Waals surface area (Å²) in [5, 5.41) is 5.15. The number of primary sulfonamides is 1. The standard InChI is InChI=1S/C14H15NO5S3/c1-20-10-4-2-9(3-5-10)11-6-7-22(16,17)14-12(11)8-13(21-14)23(15,18)19/h2-5,8,11H,6-7H2,1H3,(H2,15,18,19). The van der Waals surface area contributed by atoms with Crippen molar-refractivity contribution in [3.8, 4) is 5.75 Å². The quantitative estimate of drug-likeness (QED) is 0.882. The molecule has 3 rings (SSSR count). The average molecular weight is 373 g/mol. The molecule has 1 atom stereocenters. The van der Waals surface area contributed by atoms with Gasteiger partial charge in [-0.3, -0.25) is 0 Å². The second-order valence-electron chi connectivity index (χ2n) is 5.29. The number of fused-ring (bicyclic) bond motifs is 1. The Morgan fingerprint density at radius 2 is 1.91 bits per heavy atom. The minimum atomic E-state index is -3.93. The third kappa shape index (κ3) is 3.01. The zero-order chi connectivity index (χ0) is 16.8. The molecule has 9 heteroatoms. The van der Waals surface area contributed by atoms with Gasteiger partial charge in [0.15, 0.2) is 9.84 Å². The van der Waals surface area contributed by atoms with E-state index in [9.17, 15) is 16.8 Å². The Bertz CT molecular complexity index is 943. The third-order valence-electron chi connectivity index (χ3n) is 3.83. The van der Waals surface area contributed by atoms with E-state index in [1.54, 1.807) is 19.2 Å². The number of hydrogen-bond acceptors (Lipinski definition) is 6. The van der Waals surface area contributed by atoms with Gasteiger partial charge >= 0.3 is 0 Å². The Balaban J connectivity index is 2.14. The van der Waals surface area contributed by atoms with Crippen LogP contribution in [0.25, 0.3) is 0 Å². The number of ether oxygens (including phenoxy) is 1. The molecule has 0 aliphatic carbocycles. The molecule has 0 saturated carbocycles. The third-order valence-corrected chi connectivity index (χ3v) is 8.79. The van der Waals surface area contributed by atoms with E-state index in [1.165, 1.54) is 6.07 Å². The van der Waals surface area contributed by atoms with E-state index >= 15 is 0 Å². The van der Waals surface area contributed by atoms with Gasteiger partial charge < -0.3 is 4.74 Å². The summed E-state index contributed by atoms with van der Waals surface area (Å²) in [6, 6.07) is 8.70. The molecular weight excluding hydrogens is 358 g/mol. The lowest BCUT2D eigenvalue weighted by molar-refractivity contribution is 0.414. The minimum absolute atomic E-state index is 0.0126. The molecular formula is C14H15NO5S3. The maximum atomic E-state index is 12.2. The topological polar surface area (TPSA) is 104 Å². The molecule has 0 bridgehead atoms. The van der Waals surface area contributed by atoms with Crippen LogP contribution in [0.4, 0.5) is 0 Å². The Morgan fingerprint density at radius 3 is 2.48 bits per heavy atom. The van der Waals surface area contributed by atoms with Gasteiger partial charge in [0.2, 0.25) is 10.0 Å². The molecule has 124 valence electrons. The predicted octanol–water partition coefficient (Wildman–Crippen LogP) is 1.71. The number of rotatable bonds is 3. The molecule has 1 aromatic carbocycles. The van der Waals surface area contributed by atoms with Gasteiger partial charge in [-0.25, -0.2) is 22.0 Å². The summed E-state index contributed by atoms with van der Waals surface area (Å²) < 4.78 is 52.7. The summed E-state index contributed by atoms with van der Waals surface area (Å²) in [6.45, 7) is 0. The molecule has 6 nitrogen and oxygen atoms in total. The van der Waals surface area contributed by atoms with Crippen molar-refractivity contribution < 1.29 is 21.6 Å². The predicted molar refractivity (Wildman–Crippen MR) is 87.2 cm³/mol. The van der Waals surface area contributed by atoms with Gasteiger partial charge in [-0.1, -0.05) is 12.1 Å². The summed E-state index contributed by atoms with van der Waals surface area (Å²) in [6.07, 6.45) is 0.405. The van der Waals surface area contributed by atoms with E-state index in [2.05, 4.69) is 0 Å². The molecule has 2 N–H and O–H groups in total. The Kier molecular flexibility index (Phi) is 3.99. The molecule has 0 amide bonds. The summed E-state index contributed by atoms with van der Waals surface area (Å²) in [5.41, 5.74) is 1.43. The highest BCUT2D eigenvalue weighted by Gasteiger charge is 2.35. The molecule has 23 heavy (non-hydrogen) atoms. The molecule has 2 aromatic rings. The van der Waals surface area contributed by atoms with Crippen molar-refractivity contribution in [3.05, 3.63) is 41.5 Å². The van der Waals surface area contributed by atoms with E-state index < -0.39 is 19.9 Å². The Labute approximate surface area is 138 Å². The lowest BCUT2D eigenvalue weighted by atomic mass is 9.90. The van der Waals surface area contributed by atoms with Crippen molar-refractivity contribution in [1.82, 2.24) is 0 Å². The summed E-state index contributed by atoms with van der Waals surface area (Å²) >= 11 is 0.730. The first kappa shape index (κ1) is 16.4. The van der Waals surface area contributed by atoms with Crippen molar-refractivity contribution in [2.75, 3.05) is 12.9 Å². The molecule has 1 aromatic heterocycles. The number of sulfonamides is 1. The van der Waals surface area contributed by atoms with Crippen molar-refractivity contribution in [1.29, 1.82) is 0 Å². The van der Waals surface area contributed by atoms with Crippen LogP contribution in [0.1, 0.15) is 23.5 Å². The molecule has 1 unspecified atom stereocenters. The molecule has 1 aliphatic rings. The lowest BCUT2D eigenvalue weighted by Gasteiger charge is -2.23. The van der Waals surface area contributed by atoms with E-state index in [1.807, 2.05) is 12.1 Å². The number of sulfone groups is 1. The van der Waals surface area contributed by atoms with Crippen molar-refractivity contribution in [2.45, 2.75) is 20.8 Å². The normalized spacial score (nSPS) is 20.0. The second kappa shape index (κ2) is 5.59. The van der Waals surface area contributed by atoms with Gasteiger partial charge in [0, 0.05) is 5.92 Å². The zero-order valence-electron chi connectivity index (χ0n) is 12.2. The summed E-state index contributed by atoms with van der Waals surface area (Å²) in [4.78, 5) is 0. The maximum Gasteiger partial charge on any atom is 0.247 e. The number of nitrogens with two attached hydrogens (primary N) is 1. The molecule has 2 heterocycles. The maximum absolute atomic E-state index is 12.2. The van der Waals surface area contributed by atoms with Crippen molar-refractivity contribution >= 4 is 31.2 Å². The van der Waals surface area contributed by atoms with E-state index in [4.69, 9.17) is 9.88 Å². The first-order chi connectivity index (χ1) is 10.7. The fourth-order valence-electron chi connectivity index (χ4n) is 2.70. The number of methoxy groups -OCH3 is 1. The highest BCUT2D eigenvalue weighted by atomic mass is 32.3. The van der Waals surface area contributed by atoms with E-state index in [-0.39, 0.29) is 20.1 Å². The van der Waals surface area contributed by atoms with Crippen LogP contribution in [0, 0.1) is 0 Å². The smallest absolute Gasteiger partial charge is 0.247 e. The highest BCUT2D eigenvalue weighted by molar-refractivity contribution is 7.95. The molecule has 0 spiro atoms. The van der Waals surface area contributed by atoms with Crippen LogP contribution in [0.5, 0.6) is 5.75 Å². The lowest BCUT2D eigenvalue weighted by Crippen LogP contribution is -2.18. The fraction of sp³-hybridized carbons (Fsp3) is 0.286.